The Bertz CT molecular complexity index is 3550. The van der Waals surface area contributed by atoms with E-state index >= 15 is 0 Å². The minimum absolute atomic E-state index is 0. The van der Waals surface area contributed by atoms with Crippen molar-refractivity contribution in [1.29, 1.82) is 0 Å². The summed E-state index contributed by atoms with van der Waals surface area (Å²) in [5.41, 5.74) is -2.46. The van der Waals surface area contributed by atoms with Gasteiger partial charge in [0.2, 0.25) is 11.1 Å². The Labute approximate surface area is 689 Å². The van der Waals surface area contributed by atoms with Gasteiger partial charge in [0.1, 0.15) is 20.6 Å². The number of hydrogen-bond acceptors (Lipinski definition) is 18. The van der Waals surface area contributed by atoms with E-state index in [2.05, 4.69) is 0 Å². The van der Waals surface area contributed by atoms with Gasteiger partial charge < -0.3 is 62.4 Å². The van der Waals surface area contributed by atoms with E-state index in [-0.39, 0.29) is 99.0 Å². The first-order valence-electron chi connectivity index (χ1n) is 27.1. The molecule has 0 unspecified atom stereocenters. The van der Waals surface area contributed by atoms with Gasteiger partial charge in [-0.3, -0.25) is 28.8 Å². The zero-order valence-electron chi connectivity index (χ0n) is 57.5. The average Bonchev–Trinajstić information content (AvgIpc) is 1.58. The number of ketones is 6. The summed E-state index contributed by atoms with van der Waals surface area (Å²) in [6, 6.07) is 5.87. The third kappa shape index (κ3) is 40.3. The molecule has 2 aromatic heterocycles. The first-order chi connectivity index (χ1) is 49.7. The fourth-order valence-electron chi connectivity index (χ4n) is 5.51. The van der Waals surface area contributed by atoms with Gasteiger partial charge in [-0.15, -0.1) is 9.48 Å². The molecule has 2 aliphatic rings. The Morgan fingerprint density at radius 3 is 0.466 bits per heavy atom. The second-order valence-electron chi connectivity index (χ2n) is 22.2. The molecule has 0 aliphatic carbocycles. The topological polar surface area (TPSA) is 453 Å². The molecule has 6 N–H and O–H groups in total. The number of aromatic nitrogens is 2. The molecule has 26 nitrogen and oxygen atoms in total. The Morgan fingerprint density at radius 1 is 0.263 bits per heavy atom. The molecule has 2 aromatic rings. The minimum Gasteiger partial charge on any atom is -0.869 e. The number of hydrogen-bond donors (Lipinski definition) is 0. The Morgan fingerprint density at radius 2 is 0.381 bits per heavy atom. The molecule has 0 atom stereocenters. The fourth-order valence-corrected chi connectivity index (χ4v) is 5.51. The molecule has 0 amide bonds. The normalized spacial score (nSPS) is 16.1. The number of amidine groups is 2. The zero-order valence-corrected chi connectivity index (χ0v) is 61.6. The maximum absolute atomic E-state index is 12.3. The van der Waals surface area contributed by atoms with Gasteiger partial charge in [-0.2, -0.15) is 168 Å². The molecule has 4 rings (SSSR count). The smallest absolute Gasteiger partial charge is 0.505 e. The summed E-state index contributed by atoms with van der Waals surface area (Å²) in [6.07, 6.45) is -66.6. The predicted molar refractivity (Wildman–Crippen MR) is 291 cm³/mol. The van der Waals surface area contributed by atoms with Crippen LogP contribution in [0, 0.1) is 107 Å². The average molecular weight is 2110 g/mol. The van der Waals surface area contributed by atoms with Crippen molar-refractivity contribution in [2.24, 2.45) is 0 Å². The van der Waals surface area contributed by atoms with Crippen molar-refractivity contribution in [1.82, 2.24) is 0 Å². The third-order valence-electron chi connectivity index (χ3n) is 12.8. The van der Waals surface area contributed by atoms with Crippen molar-refractivity contribution in [3.63, 3.8) is 0 Å². The Balaban J connectivity index is -0.000000195. The van der Waals surface area contributed by atoms with Gasteiger partial charge in [0, 0.05) is 166 Å². The van der Waals surface area contributed by atoms with Crippen molar-refractivity contribution in [3.8, 4) is 0 Å². The van der Waals surface area contributed by atoms with Gasteiger partial charge in [0.05, 0.1) is 0 Å². The van der Waals surface area contributed by atoms with Crippen LogP contribution >= 0.6 is 0 Å². The van der Waals surface area contributed by atoms with Crippen LogP contribution in [0.1, 0.15) is 66.5 Å². The Kier molecular flexibility index (Phi) is 47.1. The summed E-state index contributed by atoms with van der Waals surface area (Å²) in [5.74, 6) is -33.8. The van der Waals surface area contributed by atoms with Crippen molar-refractivity contribution in [3.05, 3.63) is 162 Å². The SMILES string of the molecule is CC1(C)[N+](=O)C(c2cc[n+]([O-])cc2)=[N+]([O-])C1(C)C.CC1(C)[N+](=O)C(c2cc[n+]([O-])cc2)=[N+]([O-])C1(C)C.O=C(/C=C(\[O-])C(F)(F)F)C(F)(F)F.O=C(/C=C(\[O-])C(F)(F)F)C(F)(F)F.O=C(/C=C(\[O-])C(F)(F)F)C(F)(F)F.O=C(/C=C(\[O-])C(F)(F)F)C(F)(F)F.O=C(/C=C(\[O-])C(F)(F)F)C(F)(F)F.O=C(/C=C(\[O-])C(F)(F)F)C(F)(F)F.[Dy].[Dy].[OH3+].[OH3+]. The van der Waals surface area contributed by atoms with Crippen molar-refractivity contribution < 1.29 is 333 Å². The molecule has 0 spiro atoms. The van der Waals surface area contributed by atoms with E-state index in [1.165, 1.54) is 49.1 Å². The van der Waals surface area contributed by atoms with E-state index in [9.17, 15) is 248 Å². The van der Waals surface area contributed by atoms with Gasteiger partial charge in [0.15, 0.2) is 24.8 Å². The summed E-state index contributed by atoms with van der Waals surface area (Å²) in [5, 5.41) is 105. The molecule has 64 heteroatoms. The molecule has 0 fully saturated rings. The van der Waals surface area contributed by atoms with E-state index in [4.69, 9.17) is 0 Å². The second kappa shape index (κ2) is 44.5. The van der Waals surface area contributed by atoms with Gasteiger partial charge >= 0.3 is 85.8 Å². The number of hydroxylamine groups is 2. The van der Waals surface area contributed by atoms with E-state index in [0.29, 0.717) is 20.6 Å². The number of allylic oxidation sites excluding steroid dienone is 12. The molecule has 0 bridgehead atoms. The Hall–Kier alpha value is -8.75. The monoisotopic (exact) mass is 2110 g/mol. The van der Waals surface area contributed by atoms with Crippen LogP contribution in [0.2, 0.25) is 0 Å². The van der Waals surface area contributed by atoms with Crippen molar-refractivity contribution in [2.75, 3.05) is 0 Å². The van der Waals surface area contributed by atoms with Crippen LogP contribution in [0.5, 0.6) is 0 Å². The van der Waals surface area contributed by atoms with Crippen molar-refractivity contribution in [2.45, 2.75) is 152 Å². The molecule has 0 radical (unpaired) electrons. The molecule has 2 aliphatic heterocycles. The quantitative estimate of drug-likeness (QED) is 0.0780. The number of carbonyl (C=O) groups is 6. The summed E-state index contributed by atoms with van der Waals surface area (Å²) < 4.78 is 411. The standard InChI is InChI=1S/2C12H16N3O3.6C5H2F6O2.2Dy.2H2O/c2*1-11(2)12(3,4)15(18)10(14(11)17)9-5-7-13(16)8-6-9;6*6-4(7,8)2(12)1-3(13)5(9,10)11;;;;/h2*5-8H,1-4H3;6*1,12H;;;2*1H2/q2*+1;;;;;;;;;;/p-4/b;;6*2-1-;;;;. The van der Waals surface area contributed by atoms with Gasteiger partial charge in [0.25, 0.3) is 45.8 Å². The summed E-state index contributed by atoms with van der Waals surface area (Å²) in [6.45, 7) is 13.8. The first-order valence-corrected chi connectivity index (χ1v) is 27.1. The molecule has 0 saturated heterocycles. The van der Waals surface area contributed by atoms with Crippen LogP contribution in [-0.2, 0) is 39.7 Å². The number of nitrogens with zero attached hydrogens (tertiary/aromatic N) is 6. The van der Waals surface area contributed by atoms with Gasteiger partial charge in [-0.05, 0) is 71.0 Å². The molecular formula is C54H44Dy2F36N6O20-2. The predicted octanol–water partition coefficient (Wildman–Crippen LogP) is 5.56. The summed E-state index contributed by atoms with van der Waals surface area (Å²) in [4.78, 5) is 83.5. The second-order valence-corrected chi connectivity index (χ2v) is 22.2. The van der Waals surface area contributed by atoms with Crippen molar-refractivity contribution >= 4 is 46.4 Å². The van der Waals surface area contributed by atoms with Gasteiger partial charge in [-0.1, -0.05) is 0 Å². The van der Waals surface area contributed by atoms with Crippen LogP contribution in [0.3, 0.4) is 0 Å². The molecular weight excluding hydrogens is 2060 g/mol. The largest absolute Gasteiger partial charge is 0.869 e. The molecule has 684 valence electrons. The van der Waals surface area contributed by atoms with Crippen LogP contribution in [0.4, 0.5) is 158 Å². The fraction of sp³-hybridized carbons (Fsp3) is 0.444. The van der Waals surface area contributed by atoms with Crippen LogP contribution < -0.4 is 40.1 Å². The van der Waals surface area contributed by atoms with Crippen LogP contribution in [0.25, 0.3) is 0 Å². The molecule has 0 saturated carbocycles. The number of alkyl halides is 36. The van der Waals surface area contributed by atoms with Crippen LogP contribution in [0.15, 0.2) is 120 Å². The van der Waals surface area contributed by atoms with Crippen LogP contribution in [-0.4, -0.2) is 162 Å². The maximum atomic E-state index is 12.3. The number of halogens is 36. The molecule has 0 aromatic carbocycles. The van der Waals surface area contributed by atoms with Gasteiger partial charge in [-0.25, -0.2) is 0 Å². The number of pyridine rings is 2. The number of rotatable bonds is 8. The molecule has 4 heterocycles. The van der Waals surface area contributed by atoms with E-state index in [1.807, 2.05) is 0 Å². The van der Waals surface area contributed by atoms with E-state index in [1.54, 1.807) is 55.4 Å². The summed E-state index contributed by atoms with van der Waals surface area (Å²) >= 11 is 0. The van der Waals surface area contributed by atoms with E-state index < -0.39 is 202 Å². The third-order valence-corrected chi connectivity index (χ3v) is 12.8. The van der Waals surface area contributed by atoms with E-state index in [0.717, 1.165) is 19.0 Å². The summed E-state index contributed by atoms with van der Waals surface area (Å²) in [7, 11) is 0. The first kappa shape index (κ1) is 125. The number of nitroso groups, excluding NO2 is 2. The maximum Gasteiger partial charge on any atom is 0.505 e. The molecule has 118 heavy (non-hydrogen) atoms. The number of carbonyl (C=O) groups excluding carboxylic acids is 6. The minimum atomic E-state index is -5.46. The zero-order chi connectivity index (χ0) is 92.6.